The van der Waals surface area contributed by atoms with E-state index in [1.807, 2.05) is 0 Å². The molecule has 4 atom stereocenters. The van der Waals surface area contributed by atoms with Crippen LogP contribution in [0.4, 0.5) is 18.9 Å². The van der Waals surface area contributed by atoms with Crippen molar-refractivity contribution in [3.63, 3.8) is 0 Å². The smallest absolute Gasteiger partial charge is 0.303 e. The summed E-state index contributed by atoms with van der Waals surface area (Å²) in [6, 6.07) is 8.57. The highest BCUT2D eigenvalue weighted by Gasteiger charge is 2.33. The van der Waals surface area contributed by atoms with Gasteiger partial charge in [0.05, 0.1) is 16.6 Å². The van der Waals surface area contributed by atoms with Crippen LogP contribution in [-0.4, -0.2) is 19.5 Å². The first-order valence-electron chi connectivity index (χ1n) is 11.5. The van der Waals surface area contributed by atoms with Crippen molar-refractivity contribution in [2.75, 3.05) is 4.31 Å². The Morgan fingerprint density at radius 1 is 1.06 bits per heavy atom. The molecular weight excluding hydrogens is 491 g/mol. The van der Waals surface area contributed by atoms with Crippen LogP contribution in [0.15, 0.2) is 65.6 Å². The van der Waals surface area contributed by atoms with Gasteiger partial charge in [-0.2, -0.15) is 0 Å². The third-order valence-electron chi connectivity index (χ3n) is 4.88. The Morgan fingerprint density at radius 3 is 2.32 bits per heavy atom. The van der Waals surface area contributed by atoms with Gasteiger partial charge in [-0.3, -0.25) is 9.10 Å². The largest absolute Gasteiger partial charge is 0.481 e. The number of sulfonamides is 1. The minimum atomic E-state index is -4.63. The predicted octanol–water partition coefficient (Wildman–Crippen LogP) is 6.12. The van der Waals surface area contributed by atoms with Crippen molar-refractivity contribution in [1.82, 2.24) is 0 Å². The summed E-state index contributed by atoms with van der Waals surface area (Å²) in [6.07, 6.45) is -5.72. The molecule has 1 N–H and O–H groups in total. The van der Waals surface area contributed by atoms with E-state index in [1.54, 1.807) is 0 Å². The Labute approximate surface area is 204 Å². The Balaban J connectivity index is 2.24. The molecule has 0 aliphatic heterocycles. The maximum absolute atomic E-state index is 14.9. The van der Waals surface area contributed by atoms with Crippen LogP contribution in [-0.2, 0) is 21.2 Å². The van der Waals surface area contributed by atoms with Gasteiger partial charge in [-0.15, -0.1) is 0 Å². The summed E-state index contributed by atoms with van der Waals surface area (Å²) in [4.78, 5) is 10.9. The van der Waals surface area contributed by atoms with Gasteiger partial charge in [-0.05, 0) is 79.4 Å². The van der Waals surface area contributed by atoms with E-state index in [0.717, 1.165) is 42.5 Å². The fraction of sp³-hybridized carbons (Fsp3) is 0.208. The number of halogens is 4. The monoisotopic (exact) mass is 517 g/mol. The average Bonchev–Trinajstić information content (AvgIpc) is 2.84. The molecule has 0 bridgehead atoms. The molecule has 0 heterocycles. The molecule has 0 radical (unpaired) electrons. The molecule has 34 heavy (non-hydrogen) atoms. The topological polar surface area (TPSA) is 74.7 Å². The van der Waals surface area contributed by atoms with Gasteiger partial charge in [0.15, 0.2) is 0 Å². The molecule has 10 heteroatoms. The fourth-order valence-corrected chi connectivity index (χ4v) is 5.11. The summed E-state index contributed by atoms with van der Waals surface area (Å²) in [6.45, 7) is 1.29. The van der Waals surface area contributed by atoms with E-state index in [0.29, 0.717) is 10.4 Å². The molecule has 0 fully saturated rings. The zero-order valence-electron chi connectivity index (χ0n) is 20.6. The van der Waals surface area contributed by atoms with Crippen LogP contribution in [0.25, 0.3) is 0 Å². The maximum atomic E-state index is 14.9. The van der Waals surface area contributed by atoms with E-state index in [1.165, 1.54) is 19.1 Å². The summed E-state index contributed by atoms with van der Waals surface area (Å²) in [7, 11) is -4.63. The number of rotatable bonds is 9. The Bertz CT molecular complexity index is 1410. The van der Waals surface area contributed by atoms with E-state index in [2.05, 4.69) is 0 Å². The van der Waals surface area contributed by atoms with Gasteiger partial charge in [0, 0.05) is 21.6 Å². The highest BCUT2D eigenvalue weighted by atomic mass is 35.5. The van der Waals surface area contributed by atoms with Crippen LogP contribution >= 0.6 is 11.6 Å². The molecule has 0 saturated carbocycles. The van der Waals surface area contributed by atoms with Gasteiger partial charge in [-0.1, -0.05) is 17.7 Å². The number of carboxylic acid groups (broad SMARTS) is 1. The van der Waals surface area contributed by atoms with E-state index in [9.17, 15) is 26.4 Å². The zero-order chi connectivity index (χ0) is 27.7. The number of aryl methyl sites for hydroxylation is 1. The number of aliphatic carboxylic acids is 1. The van der Waals surface area contributed by atoms with Crippen molar-refractivity contribution in [2.24, 2.45) is 0 Å². The molecule has 3 rings (SSSR count). The summed E-state index contributed by atoms with van der Waals surface area (Å²) in [5.41, 5.74) is -1.03. The Morgan fingerprint density at radius 2 is 1.68 bits per heavy atom. The molecular formula is C24H21ClF3NO4S. The lowest BCUT2D eigenvalue weighted by Crippen LogP contribution is -2.35. The van der Waals surface area contributed by atoms with Gasteiger partial charge in [0.1, 0.15) is 17.5 Å². The van der Waals surface area contributed by atoms with Gasteiger partial charge in [0.2, 0.25) is 0 Å². The first-order chi connectivity index (χ1) is 17.2. The van der Waals surface area contributed by atoms with Gasteiger partial charge in [-0.25, -0.2) is 21.6 Å². The molecule has 3 aromatic rings. The maximum Gasteiger partial charge on any atom is 0.303 e. The average molecular weight is 518 g/mol. The van der Waals surface area contributed by atoms with Crippen LogP contribution in [0.3, 0.4) is 0 Å². The van der Waals surface area contributed by atoms with Crippen LogP contribution in [0.2, 0.25) is 5.02 Å². The van der Waals surface area contributed by atoms with Crippen molar-refractivity contribution in [3.8, 4) is 0 Å². The zero-order valence-corrected chi connectivity index (χ0v) is 19.2. The fourth-order valence-electron chi connectivity index (χ4n) is 3.35. The molecule has 180 valence electrons. The van der Waals surface area contributed by atoms with Crippen molar-refractivity contribution in [1.29, 1.82) is 0 Å². The number of benzene rings is 3. The third-order valence-corrected chi connectivity index (χ3v) is 7.03. The van der Waals surface area contributed by atoms with Crippen molar-refractivity contribution in [2.45, 2.75) is 37.1 Å². The number of hydrogen-bond donors (Lipinski definition) is 1. The van der Waals surface area contributed by atoms with E-state index in [-0.39, 0.29) is 21.0 Å². The first kappa shape index (κ1) is 21.5. The molecule has 3 unspecified atom stereocenters. The second kappa shape index (κ2) is 10.5. The third kappa shape index (κ3) is 5.71. The Hall–Kier alpha value is -3.04. The summed E-state index contributed by atoms with van der Waals surface area (Å²) in [5, 5.41) is 9.31. The number of carbonyl (C=O) groups is 1. The second-order valence-corrected chi connectivity index (χ2v) is 9.42. The van der Waals surface area contributed by atoms with Crippen molar-refractivity contribution in [3.05, 3.63) is 94.3 Å². The molecule has 0 saturated heterocycles. The second-order valence-electron chi connectivity index (χ2n) is 7.16. The van der Waals surface area contributed by atoms with Crippen LogP contribution in [0.1, 0.15) is 41.0 Å². The molecule has 0 aliphatic rings. The standard InChI is InChI=1S/C24H21ClF3NO4S/c1-15(21-11-7-18(26)13-16(21)3-2-4-24(30)31)29(23-14-19(27)8-12-22(23)28)34(32,33)20-9-5-17(25)6-10-20/h5-15H,2-4H2,1H3,(H,30,31)/t15-/m1/s1/i2T,3T,4T/t2?,3?,4?,15-. The normalized spacial score (nSPS) is 16.4. The lowest BCUT2D eigenvalue weighted by molar-refractivity contribution is -0.137. The van der Waals surface area contributed by atoms with E-state index < -0.39 is 64.4 Å². The van der Waals surface area contributed by atoms with Gasteiger partial charge < -0.3 is 5.11 Å². The number of hydrogen-bond acceptors (Lipinski definition) is 3. The summed E-state index contributed by atoms with van der Waals surface area (Å²) < 4.78 is 95.4. The molecule has 0 aliphatic carbocycles. The number of anilines is 1. The lowest BCUT2D eigenvalue weighted by atomic mass is 9.96. The highest BCUT2D eigenvalue weighted by molar-refractivity contribution is 7.92. The van der Waals surface area contributed by atoms with Crippen LogP contribution in [0.5, 0.6) is 0 Å². The minimum Gasteiger partial charge on any atom is -0.481 e. The van der Waals surface area contributed by atoms with E-state index >= 15 is 0 Å². The summed E-state index contributed by atoms with van der Waals surface area (Å²) >= 11 is 5.86. The summed E-state index contributed by atoms with van der Waals surface area (Å²) in [5.74, 6) is -4.57. The van der Waals surface area contributed by atoms with Crippen LogP contribution < -0.4 is 4.31 Å². The lowest BCUT2D eigenvalue weighted by Gasteiger charge is -2.32. The molecule has 0 spiro atoms. The Kier molecular flexibility index (Phi) is 6.63. The number of carboxylic acids is 1. The molecule has 3 aromatic carbocycles. The quantitative estimate of drug-likeness (QED) is 0.371. The minimum absolute atomic E-state index is 0.0718. The molecule has 0 aromatic heterocycles. The van der Waals surface area contributed by atoms with Gasteiger partial charge >= 0.3 is 5.97 Å². The first-order valence-corrected chi connectivity index (χ1v) is 11.6. The molecule has 5 nitrogen and oxygen atoms in total. The van der Waals surface area contributed by atoms with Crippen LogP contribution in [0, 0.1) is 17.5 Å². The predicted molar refractivity (Wildman–Crippen MR) is 123 cm³/mol. The van der Waals surface area contributed by atoms with E-state index in [4.69, 9.17) is 20.8 Å². The number of nitrogens with zero attached hydrogens (tertiary/aromatic N) is 1. The van der Waals surface area contributed by atoms with Crippen molar-refractivity contribution < 1.29 is 35.6 Å². The molecule has 0 amide bonds. The highest BCUT2D eigenvalue weighted by Crippen LogP contribution is 2.37. The SMILES string of the molecule is [3H]C(C(=O)O)C([3H])C([3H])c1cc(F)ccc1[C@@H](C)N(c1cc(F)ccc1F)S(=O)(=O)c1ccc(Cl)cc1. The van der Waals surface area contributed by atoms with Crippen molar-refractivity contribution >= 4 is 33.3 Å². The van der Waals surface area contributed by atoms with Gasteiger partial charge in [0.25, 0.3) is 10.0 Å².